The van der Waals surface area contributed by atoms with Gasteiger partial charge in [0.25, 0.3) is 5.91 Å². The summed E-state index contributed by atoms with van der Waals surface area (Å²) in [5.74, 6) is 1.78. The van der Waals surface area contributed by atoms with E-state index in [1.165, 1.54) is 0 Å². The fourth-order valence-corrected chi connectivity index (χ4v) is 3.03. The van der Waals surface area contributed by atoms with E-state index < -0.39 is 0 Å². The Labute approximate surface area is 162 Å². The molecular weight excluding hydrogens is 356 g/mol. The zero-order valence-electron chi connectivity index (χ0n) is 15.7. The molecule has 0 saturated heterocycles. The van der Waals surface area contributed by atoms with Gasteiger partial charge in [-0.2, -0.15) is 0 Å². The van der Waals surface area contributed by atoms with Gasteiger partial charge in [0.05, 0.1) is 0 Å². The molecule has 2 N–H and O–H groups in total. The molecule has 1 aliphatic heterocycles. The number of rotatable bonds is 5. The average molecular weight is 376 g/mol. The predicted molar refractivity (Wildman–Crippen MR) is 106 cm³/mol. The first-order valence-electron chi connectivity index (χ1n) is 8.92. The van der Waals surface area contributed by atoms with Crippen LogP contribution in [-0.2, 0) is 6.54 Å². The SMILES string of the molecule is Cc1cc(C)cc(NC(=O)c2ccc(NCc3ccc4c(c3)OCO4)nn2)c1. The monoisotopic (exact) mass is 376 g/mol. The van der Waals surface area contributed by atoms with Gasteiger partial charge in [-0.3, -0.25) is 4.79 Å². The molecule has 4 rings (SSSR count). The van der Waals surface area contributed by atoms with Crippen LogP contribution >= 0.6 is 0 Å². The Morgan fingerprint density at radius 3 is 2.50 bits per heavy atom. The quantitative estimate of drug-likeness (QED) is 0.706. The molecule has 28 heavy (non-hydrogen) atoms. The largest absolute Gasteiger partial charge is 0.454 e. The lowest BCUT2D eigenvalue weighted by Gasteiger charge is -2.08. The van der Waals surface area contributed by atoms with Crippen molar-refractivity contribution in [3.8, 4) is 11.5 Å². The third kappa shape index (κ3) is 4.03. The van der Waals surface area contributed by atoms with Crippen molar-refractivity contribution < 1.29 is 14.3 Å². The smallest absolute Gasteiger partial charge is 0.276 e. The van der Waals surface area contributed by atoms with E-state index in [2.05, 4.69) is 26.9 Å². The van der Waals surface area contributed by atoms with E-state index in [1.54, 1.807) is 12.1 Å². The van der Waals surface area contributed by atoms with Gasteiger partial charge in [0.15, 0.2) is 17.2 Å². The highest BCUT2D eigenvalue weighted by atomic mass is 16.7. The first-order valence-corrected chi connectivity index (χ1v) is 8.92. The first-order chi connectivity index (χ1) is 13.6. The van der Waals surface area contributed by atoms with Crippen LogP contribution in [0.25, 0.3) is 0 Å². The van der Waals surface area contributed by atoms with Crippen molar-refractivity contribution in [3.63, 3.8) is 0 Å². The minimum absolute atomic E-state index is 0.253. The van der Waals surface area contributed by atoms with Crippen molar-refractivity contribution in [1.82, 2.24) is 10.2 Å². The first kappa shape index (κ1) is 17.8. The lowest BCUT2D eigenvalue weighted by molar-refractivity contribution is 0.102. The van der Waals surface area contributed by atoms with Gasteiger partial charge in [0, 0.05) is 12.2 Å². The minimum Gasteiger partial charge on any atom is -0.454 e. The highest BCUT2D eigenvalue weighted by molar-refractivity contribution is 6.02. The Morgan fingerprint density at radius 1 is 0.964 bits per heavy atom. The third-order valence-electron chi connectivity index (χ3n) is 4.29. The maximum Gasteiger partial charge on any atom is 0.276 e. The van der Waals surface area contributed by atoms with Crippen LogP contribution in [0.3, 0.4) is 0 Å². The number of amides is 1. The van der Waals surface area contributed by atoms with Gasteiger partial charge in [-0.15, -0.1) is 10.2 Å². The van der Waals surface area contributed by atoms with Gasteiger partial charge in [-0.05, 0) is 66.9 Å². The van der Waals surface area contributed by atoms with Crippen LogP contribution in [0.5, 0.6) is 11.5 Å². The summed E-state index contributed by atoms with van der Waals surface area (Å²) < 4.78 is 10.7. The summed E-state index contributed by atoms with van der Waals surface area (Å²) in [5.41, 5.74) is 4.21. The zero-order valence-corrected chi connectivity index (χ0v) is 15.7. The van der Waals surface area contributed by atoms with Crippen molar-refractivity contribution >= 4 is 17.4 Å². The standard InChI is InChI=1S/C21H20N4O3/c1-13-7-14(2)9-16(8-13)23-21(26)17-4-6-20(25-24-17)22-11-15-3-5-18-19(10-15)28-12-27-18/h3-10H,11-12H2,1-2H3,(H,22,25)(H,23,26). The number of hydrogen-bond acceptors (Lipinski definition) is 6. The van der Waals surface area contributed by atoms with E-state index in [0.717, 1.165) is 33.9 Å². The van der Waals surface area contributed by atoms with Gasteiger partial charge < -0.3 is 20.1 Å². The highest BCUT2D eigenvalue weighted by Gasteiger charge is 2.13. The minimum atomic E-state index is -0.292. The average Bonchev–Trinajstić information content (AvgIpc) is 3.14. The van der Waals surface area contributed by atoms with Crippen molar-refractivity contribution in [2.75, 3.05) is 17.4 Å². The number of benzene rings is 2. The summed E-state index contributed by atoms with van der Waals surface area (Å²) in [5, 5.41) is 14.1. The van der Waals surface area contributed by atoms with Crippen LogP contribution in [0.1, 0.15) is 27.2 Å². The van der Waals surface area contributed by atoms with Crippen molar-refractivity contribution in [1.29, 1.82) is 0 Å². The third-order valence-corrected chi connectivity index (χ3v) is 4.29. The number of ether oxygens (including phenoxy) is 2. The molecule has 1 amide bonds. The molecule has 0 radical (unpaired) electrons. The van der Waals surface area contributed by atoms with Crippen molar-refractivity contribution in [2.45, 2.75) is 20.4 Å². The Morgan fingerprint density at radius 2 is 1.75 bits per heavy atom. The van der Waals surface area contributed by atoms with Crippen LogP contribution in [0.2, 0.25) is 0 Å². The molecule has 0 atom stereocenters. The molecule has 0 fully saturated rings. The second-order valence-electron chi connectivity index (χ2n) is 6.68. The number of anilines is 2. The van der Waals surface area contributed by atoms with E-state index in [9.17, 15) is 4.79 Å². The summed E-state index contributed by atoms with van der Waals surface area (Å²) in [6.45, 7) is 4.79. The number of carbonyl (C=O) groups is 1. The number of aryl methyl sites for hydroxylation is 2. The summed E-state index contributed by atoms with van der Waals surface area (Å²) >= 11 is 0. The number of nitrogens with zero attached hydrogens (tertiary/aromatic N) is 2. The Balaban J connectivity index is 1.37. The van der Waals surface area contributed by atoms with Gasteiger partial charge >= 0.3 is 0 Å². The molecule has 1 aliphatic rings. The number of carbonyl (C=O) groups excluding carboxylic acids is 1. The molecule has 0 saturated carbocycles. The summed E-state index contributed by atoms with van der Waals surface area (Å²) in [4.78, 5) is 12.4. The maximum atomic E-state index is 12.4. The molecule has 0 unspecified atom stereocenters. The van der Waals surface area contributed by atoms with Gasteiger partial charge in [-0.25, -0.2) is 0 Å². The maximum absolute atomic E-state index is 12.4. The molecular formula is C21H20N4O3. The zero-order chi connectivity index (χ0) is 19.5. The van der Waals surface area contributed by atoms with Crippen molar-refractivity contribution in [3.05, 3.63) is 70.9 Å². The summed E-state index contributed by atoms with van der Waals surface area (Å²) in [6.07, 6.45) is 0. The van der Waals surface area contributed by atoms with Gasteiger partial charge in [0.2, 0.25) is 6.79 Å². The van der Waals surface area contributed by atoms with Crippen LogP contribution in [0.4, 0.5) is 11.5 Å². The fraction of sp³-hybridized carbons (Fsp3) is 0.190. The van der Waals surface area contributed by atoms with Crippen LogP contribution in [0.15, 0.2) is 48.5 Å². The second-order valence-corrected chi connectivity index (χ2v) is 6.68. The highest BCUT2D eigenvalue weighted by Crippen LogP contribution is 2.32. The molecule has 1 aromatic heterocycles. The summed E-state index contributed by atoms with van der Waals surface area (Å²) in [7, 11) is 0. The van der Waals surface area contributed by atoms with Crippen LogP contribution in [-0.4, -0.2) is 22.9 Å². The molecule has 2 aromatic carbocycles. The fourth-order valence-electron chi connectivity index (χ4n) is 3.03. The topological polar surface area (TPSA) is 85.4 Å². The van der Waals surface area contributed by atoms with E-state index in [0.29, 0.717) is 12.4 Å². The van der Waals surface area contributed by atoms with E-state index in [-0.39, 0.29) is 18.4 Å². The van der Waals surface area contributed by atoms with Crippen molar-refractivity contribution in [2.24, 2.45) is 0 Å². The number of aromatic nitrogens is 2. The molecule has 0 spiro atoms. The molecule has 7 nitrogen and oxygen atoms in total. The molecule has 7 heteroatoms. The van der Waals surface area contributed by atoms with E-state index in [1.807, 2.05) is 44.2 Å². The molecule has 0 bridgehead atoms. The lowest BCUT2D eigenvalue weighted by Crippen LogP contribution is -2.15. The van der Waals surface area contributed by atoms with Crippen LogP contribution < -0.4 is 20.1 Å². The number of nitrogens with one attached hydrogen (secondary N) is 2. The molecule has 3 aromatic rings. The van der Waals surface area contributed by atoms with Gasteiger partial charge in [0.1, 0.15) is 5.82 Å². The normalized spacial score (nSPS) is 11.9. The second kappa shape index (κ2) is 7.56. The molecule has 0 aliphatic carbocycles. The van der Waals surface area contributed by atoms with Gasteiger partial charge in [-0.1, -0.05) is 12.1 Å². The number of hydrogen-bond donors (Lipinski definition) is 2. The lowest BCUT2D eigenvalue weighted by atomic mass is 10.1. The summed E-state index contributed by atoms with van der Waals surface area (Å²) in [6, 6.07) is 15.0. The van der Waals surface area contributed by atoms with E-state index in [4.69, 9.17) is 9.47 Å². The van der Waals surface area contributed by atoms with E-state index >= 15 is 0 Å². The molecule has 2 heterocycles. The Hall–Kier alpha value is -3.61. The Kier molecular flexibility index (Phi) is 4.80. The molecule has 142 valence electrons. The number of fused-ring (bicyclic) bond motifs is 1. The Bertz CT molecular complexity index is 998. The predicted octanol–water partition coefficient (Wildman–Crippen LogP) is 3.69. The van der Waals surface area contributed by atoms with Crippen LogP contribution in [0, 0.1) is 13.8 Å².